The predicted molar refractivity (Wildman–Crippen MR) is 114 cm³/mol. The van der Waals surface area contributed by atoms with Gasteiger partial charge in [0.1, 0.15) is 0 Å². The van der Waals surface area contributed by atoms with Crippen molar-refractivity contribution in [2.75, 3.05) is 10.2 Å². The van der Waals surface area contributed by atoms with Crippen LogP contribution in [0, 0.1) is 0 Å². The van der Waals surface area contributed by atoms with Crippen LogP contribution in [0.15, 0.2) is 36.4 Å². The van der Waals surface area contributed by atoms with Gasteiger partial charge in [-0.25, -0.2) is 4.79 Å². The first kappa shape index (κ1) is 20.5. The van der Waals surface area contributed by atoms with Gasteiger partial charge in [0, 0.05) is 33.4 Å². The van der Waals surface area contributed by atoms with Crippen molar-refractivity contribution in [1.29, 1.82) is 0 Å². The van der Waals surface area contributed by atoms with Crippen molar-refractivity contribution in [1.82, 2.24) is 5.32 Å². The maximum absolute atomic E-state index is 12.5. The minimum Gasteiger partial charge on any atom is -0.333 e. The summed E-state index contributed by atoms with van der Waals surface area (Å²) in [5.41, 5.74) is 3.10. The third-order valence-corrected chi connectivity index (χ3v) is 4.73. The van der Waals surface area contributed by atoms with E-state index in [1.165, 1.54) is 0 Å². The molecule has 148 valence electrons. The van der Waals surface area contributed by atoms with Crippen molar-refractivity contribution in [2.24, 2.45) is 0 Å². The second kappa shape index (κ2) is 8.02. The molecule has 0 saturated heterocycles. The number of aryl methyl sites for hydroxylation is 1. The van der Waals surface area contributed by atoms with Crippen LogP contribution < -0.4 is 15.5 Å². The molecular formula is C21H23Cl2N3O2. The van der Waals surface area contributed by atoms with Crippen LogP contribution in [0.4, 0.5) is 16.2 Å². The first-order valence-electron chi connectivity index (χ1n) is 9.08. The first-order chi connectivity index (χ1) is 13.1. The van der Waals surface area contributed by atoms with Gasteiger partial charge in [0.15, 0.2) is 0 Å². The van der Waals surface area contributed by atoms with E-state index in [1.807, 2.05) is 45.0 Å². The zero-order valence-electron chi connectivity index (χ0n) is 16.1. The van der Waals surface area contributed by atoms with Crippen molar-refractivity contribution in [3.8, 4) is 0 Å². The molecule has 5 nitrogen and oxygen atoms in total. The van der Waals surface area contributed by atoms with Gasteiger partial charge in [-0.1, -0.05) is 23.2 Å². The lowest BCUT2D eigenvalue weighted by atomic mass is 9.99. The molecule has 7 heteroatoms. The van der Waals surface area contributed by atoms with Crippen molar-refractivity contribution >= 4 is 46.5 Å². The average Bonchev–Trinajstić information content (AvgIpc) is 2.55. The number of carbonyl (C=O) groups excluding carboxylic acids is 2. The Hall–Kier alpha value is -2.24. The molecule has 0 spiro atoms. The number of fused-ring (bicyclic) bond motifs is 1. The second-order valence-electron chi connectivity index (χ2n) is 7.93. The minimum atomic E-state index is -0.320. The summed E-state index contributed by atoms with van der Waals surface area (Å²) in [6.07, 6.45) is 1.05. The summed E-state index contributed by atoms with van der Waals surface area (Å²) in [5, 5.41) is 6.80. The topological polar surface area (TPSA) is 61.4 Å². The third kappa shape index (κ3) is 5.18. The number of hydrogen-bond donors (Lipinski definition) is 2. The van der Waals surface area contributed by atoms with Gasteiger partial charge in [-0.15, -0.1) is 0 Å². The highest BCUT2D eigenvalue weighted by atomic mass is 35.5. The SMILES string of the molecule is CC(C)(C)NC(=O)Nc1ccc2c(c1)CCC(=O)N2Cc1cc(Cl)cc(Cl)c1. The second-order valence-corrected chi connectivity index (χ2v) is 8.80. The number of nitrogens with zero attached hydrogens (tertiary/aromatic N) is 1. The zero-order chi connectivity index (χ0) is 20.5. The van der Waals surface area contributed by atoms with E-state index in [-0.39, 0.29) is 17.5 Å². The standard InChI is InChI=1S/C21H23Cl2N3O2/c1-21(2,3)25-20(28)24-17-5-6-18-14(10-17)4-7-19(27)26(18)12-13-8-15(22)11-16(23)9-13/h5-6,8-11H,4,7,12H2,1-3H3,(H2,24,25,28). The molecule has 0 aromatic heterocycles. The maximum Gasteiger partial charge on any atom is 0.319 e. The van der Waals surface area contributed by atoms with Crippen molar-refractivity contribution in [3.63, 3.8) is 0 Å². The number of urea groups is 1. The molecule has 28 heavy (non-hydrogen) atoms. The lowest BCUT2D eigenvalue weighted by Gasteiger charge is -2.30. The summed E-state index contributed by atoms with van der Waals surface area (Å²) in [5.74, 6) is 0.0507. The van der Waals surface area contributed by atoms with Crippen LogP contribution in [-0.2, 0) is 17.8 Å². The Labute approximate surface area is 175 Å². The molecule has 2 aromatic rings. The van der Waals surface area contributed by atoms with Gasteiger partial charge in [-0.2, -0.15) is 0 Å². The fourth-order valence-corrected chi connectivity index (χ4v) is 3.77. The molecule has 1 aliphatic heterocycles. The summed E-state index contributed by atoms with van der Waals surface area (Å²) >= 11 is 12.2. The summed E-state index contributed by atoms with van der Waals surface area (Å²) in [6.45, 7) is 6.16. The van der Waals surface area contributed by atoms with E-state index in [2.05, 4.69) is 10.6 Å². The van der Waals surface area contributed by atoms with E-state index in [1.54, 1.807) is 17.0 Å². The fraction of sp³-hybridized carbons (Fsp3) is 0.333. The van der Waals surface area contributed by atoms with Gasteiger partial charge in [0.05, 0.1) is 6.54 Å². The largest absolute Gasteiger partial charge is 0.333 e. The number of hydrogen-bond acceptors (Lipinski definition) is 2. The molecule has 2 N–H and O–H groups in total. The predicted octanol–water partition coefficient (Wildman–Crippen LogP) is 5.39. The van der Waals surface area contributed by atoms with Crippen LogP contribution in [0.3, 0.4) is 0 Å². The molecule has 1 aliphatic rings. The van der Waals surface area contributed by atoms with E-state index >= 15 is 0 Å². The number of amides is 3. The van der Waals surface area contributed by atoms with Crippen molar-refractivity contribution in [2.45, 2.75) is 45.7 Å². The number of rotatable bonds is 3. The number of anilines is 2. The van der Waals surface area contributed by atoms with Crippen LogP contribution in [-0.4, -0.2) is 17.5 Å². The number of halogens is 2. The van der Waals surface area contributed by atoms with Gasteiger partial charge in [0.25, 0.3) is 0 Å². The van der Waals surface area contributed by atoms with Gasteiger partial charge in [0.2, 0.25) is 5.91 Å². The van der Waals surface area contributed by atoms with Gasteiger partial charge < -0.3 is 15.5 Å². The molecule has 0 aliphatic carbocycles. The normalized spacial score (nSPS) is 13.9. The minimum absolute atomic E-state index is 0.0507. The molecule has 0 atom stereocenters. The summed E-state index contributed by atoms with van der Waals surface area (Å²) in [6, 6.07) is 10.6. The van der Waals surface area contributed by atoms with E-state index in [0.717, 1.165) is 16.8 Å². The van der Waals surface area contributed by atoms with Gasteiger partial charge >= 0.3 is 6.03 Å². The first-order valence-corrected chi connectivity index (χ1v) is 9.84. The smallest absolute Gasteiger partial charge is 0.319 e. The lowest BCUT2D eigenvalue weighted by Crippen LogP contribution is -2.43. The fourth-order valence-electron chi connectivity index (χ4n) is 3.20. The highest BCUT2D eigenvalue weighted by Crippen LogP contribution is 2.32. The molecule has 3 rings (SSSR count). The van der Waals surface area contributed by atoms with Crippen molar-refractivity contribution in [3.05, 3.63) is 57.6 Å². The van der Waals surface area contributed by atoms with Crippen LogP contribution in [0.2, 0.25) is 10.0 Å². The van der Waals surface area contributed by atoms with E-state index in [4.69, 9.17) is 23.2 Å². The van der Waals surface area contributed by atoms with Crippen LogP contribution in [0.5, 0.6) is 0 Å². The third-order valence-electron chi connectivity index (χ3n) is 4.29. The van der Waals surface area contributed by atoms with Crippen LogP contribution in [0.25, 0.3) is 0 Å². The van der Waals surface area contributed by atoms with E-state index < -0.39 is 0 Å². The highest BCUT2D eigenvalue weighted by Gasteiger charge is 2.25. The molecule has 0 radical (unpaired) electrons. The highest BCUT2D eigenvalue weighted by molar-refractivity contribution is 6.34. The summed E-state index contributed by atoms with van der Waals surface area (Å²) in [4.78, 5) is 26.4. The molecule has 0 saturated carbocycles. The van der Waals surface area contributed by atoms with Crippen LogP contribution in [0.1, 0.15) is 38.3 Å². The molecule has 1 heterocycles. The van der Waals surface area contributed by atoms with Gasteiger partial charge in [-0.3, -0.25) is 4.79 Å². The molecule has 0 unspecified atom stereocenters. The summed E-state index contributed by atoms with van der Waals surface area (Å²) in [7, 11) is 0. The number of benzene rings is 2. The zero-order valence-corrected chi connectivity index (χ0v) is 17.6. The summed E-state index contributed by atoms with van der Waals surface area (Å²) < 4.78 is 0. The monoisotopic (exact) mass is 419 g/mol. The molecule has 0 bridgehead atoms. The lowest BCUT2D eigenvalue weighted by molar-refractivity contribution is -0.119. The van der Waals surface area contributed by atoms with Crippen LogP contribution >= 0.6 is 23.2 Å². The Morgan fingerprint density at radius 2 is 1.75 bits per heavy atom. The molecule has 0 fully saturated rings. The average molecular weight is 420 g/mol. The van der Waals surface area contributed by atoms with E-state index in [0.29, 0.717) is 35.1 Å². The maximum atomic E-state index is 12.5. The number of nitrogens with one attached hydrogen (secondary N) is 2. The van der Waals surface area contributed by atoms with Crippen molar-refractivity contribution < 1.29 is 9.59 Å². The Morgan fingerprint density at radius 1 is 1.07 bits per heavy atom. The number of carbonyl (C=O) groups is 2. The molecular weight excluding hydrogens is 397 g/mol. The molecule has 3 amide bonds. The van der Waals surface area contributed by atoms with Gasteiger partial charge in [-0.05, 0) is 74.7 Å². The Bertz CT molecular complexity index is 902. The van der Waals surface area contributed by atoms with E-state index in [9.17, 15) is 9.59 Å². The Morgan fingerprint density at radius 3 is 2.39 bits per heavy atom. The quantitative estimate of drug-likeness (QED) is 0.699. The Balaban J connectivity index is 1.81. The molecule has 2 aromatic carbocycles. The Kier molecular flexibility index (Phi) is 5.87.